The van der Waals surface area contributed by atoms with Crippen LogP contribution in [0, 0.1) is 5.92 Å². The summed E-state index contributed by atoms with van der Waals surface area (Å²) in [6.45, 7) is 5.39. The van der Waals surface area contributed by atoms with E-state index in [1.54, 1.807) is 23.1 Å². The minimum absolute atomic E-state index is 0.0320. The molecule has 2 heterocycles. The van der Waals surface area contributed by atoms with Crippen LogP contribution >= 0.6 is 0 Å². The number of methoxy groups -OCH3 is 2. The maximum absolute atomic E-state index is 14.1. The first kappa shape index (κ1) is 22.9. The van der Waals surface area contributed by atoms with Crippen molar-refractivity contribution < 1.29 is 23.8 Å². The van der Waals surface area contributed by atoms with Gasteiger partial charge >= 0.3 is 0 Å². The molecule has 4 rings (SSSR count). The number of nitrogens with zero attached hydrogens (tertiary/aromatic N) is 3. The van der Waals surface area contributed by atoms with Gasteiger partial charge in [-0.3, -0.25) is 14.5 Å². The summed E-state index contributed by atoms with van der Waals surface area (Å²) >= 11 is 0. The molecule has 3 aliphatic rings. The van der Waals surface area contributed by atoms with E-state index >= 15 is 0 Å². The zero-order chi connectivity index (χ0) is 22.9. The standard InChI is InChI=1S/C24H35N3O5/c1-17-7-6-10-24(15-17)27(23(29)21-19(30-3)8-5-9-20(21)31-4)18(16-32-24)22(28)26-13-11-25(2)12-14-26/h5,8-9,17-18H,6-7,10-16H2,1-4H3. The van der Waals surface area contributed by atoms with Gasteiger partial charge in [0.2, 0.25) is 5.91 Å². The Kier molecular flexibility index (Phi) is 6.62. The molecule has 3 unspecified atom stereocenters. The number of ether oxygens (including phenoxy) is 3. The summed E-state index contributed by atoms with van der Waals surface area (Å²) in [5, 5.41) is 0. The third kappa shape index (κ3) is 4.06. The van der Waals surface area contributed by atoms with E-state index in [1.165, 1.54) is 14.2 Å². The number of hydrogen-bond donors (Lipinski definition) is 0. The summed E-state index contributed by atoms with van der Waals surface area (Å²) in [6.07, 6.45) is 3.52. The largest absolute Gasteiger partial charge is 0.496 e. The molecular weight excluding hydrogens is 410 g/mol. The van der Waals surface area contributed by atoms with E-state index in [0.29, 0.717) is 36.1 Å². The Morgan fingerprint density at radius 1 is 1.09 bits per heavy atom. The van der Waals surface area contributed by atoms with E-state index in [4.69, 9.17) is 14.2 Å². The molecule has 8 nitrogen and oxygen atoms in total. The minimum atomic E-state index is -0.770. The number of hydrogen-bond acceptors (Lipinski definition) is 6. The summed E-state index contributed by atoms with van der Waals surface area (Å²) in [5.74, 6) is 0.988. The first-order chi connectivity index (χ1) is 15.4. The molecule has 1 aliphatic carbocycles. The molecule has 176 valence electrons. The van der Waals surface area contributed by atoms with Gasteiger partial charge in [0.1, 0.15) is 28.8 Å². The number of likely N-dealkylation sites (N-methyl/N-ethyl adjacent to an activating group) is 1. The van der Waals surface area contributed by atoms with E-state index < -0.39 is 11.8 Å². The Bertz CT molecular complexity index is 832. The van der Waals surface area contributed by atoms with Gasteiger partial charge in [-0.2, -0.15) is 0 Å². The molecule has 1 spiro atoms. The van der Waals surface area contributed by atoms with Gasteiger partial charge in [0.15, 0.2) is 0 Å². The summed E-state index contributed by atoms with van der Waals surface area (Å²) in [4.78, 5) is 33.6. The summed E-state index contributed by atoms with van der Waals surface area (Å²) in [6, 6.07) is 4.64. The molecule has 0 aromatic heterocycles. The SMILES string of the molecule is COc1cccc(OC)c1C(=O)N1C(C(=O)N2CCN(C)CC2)COC12CCCC(C)C2. The molecule has 3 fully saturated rings. The first-order valence-electron chi connectivity index (χ1n) is 11.6. The van der Waals surface area contributed by atoms with Gasteiger partial charge in [-0.1, -0.05) is 19.4 Å². The average Bonchev–Trinajstić information content (AvgIpc) is 3.15. The predicted octanol–water partition coefficient (Wildman–Crippen LogP) is 2.23. The second kappa shape index (κ2) is 9.27. The highest BCUT2D eigenvalue weighted by molar-refractivity contribution is 6.02. The van der Waals surface area contributed by atoms with Crippen LogP contribution in [0.3, 0.4) is 0 Å². The molecule has 0 N–H and O–H groups in total. The average molecular weight is 446 g/mol. The fourth-order valence-corrected chi connectivity index (χ4v) is 5.42. The number of rotatable bonds is 4. The normalized spacial score (nSPS) is 28.8. The lowest BCUT2D eigenvalue weighted by Gasteiger charge is -2.44. The fraction of sp³-hybridized carbons (Fsp3) is 0.667. The summed E-state index contributed by atoms with van der Waals surface area (Å²) < 4.78 is 17.4. The van der Waals surface area contributed by atoms with Crippen molar-refractivity contribution in [2.24, 2.45) is 5.92 Å². The Hall–Kier alpha value is -2.32. The number of carbonyl (C=O) groups excluding carboxylic acids is 2. The second-order valence-corrected chi connectivity index (χ2v) is 9.32. The Morgan fingerprint density at radius 3 is 2.34 bits per heavy atom. The van der Waals surface area contributed by atoms with Crippen LogP contribution in [0.25, 0.3) is 0 Å². The highest BCUT2D eigenvalue weighted by atomic mass is 16.5. The van der Waals surface area contributed by atoms with Crippen LogP contribution in [0.5, 0.6) is 11.5 Å². The third-order valence-corrected chi connectivity index (χ3v) is 7.15. The Balaban J connectivity index is 1.73. The van der Waals surface area contributed by atoms with Crippen molar-refractivity contribution in [1.82, 2.24) is 14.7 Å². The van der Waals surface area contributed by atoms with E-state index in [-0.39, 0.29) is 18.4 Å². The Labute approximate surface area is 190 Å². The topological polar surface area (TPSA) is 71.6 Å². The van der Waals surface area contributed by atoms with Gasteiger partial charge in [0.25, 0.3) is 5.91 Å². The molecule has 2 amide bonds. The minimum Gasteiger partial charge on any atom is -0.496 e. The number of amides is 2. The zero-order valence-corrected chi connectivity index (χ0v) is 19.6. The van der Waals surface area contributed by atoms with Gasteiger partial charge < -0.3 is 24.0 Å². The number of benzene rings is 1. The summed E-state index contributed by atoms with van der Waals surface area (Å²) in [7, 11) is 5.14. The maximum atomic E-state index is 14.1. The maximum Gasteiger partial charge on any atom is 0.264 e. The first-order valence-corrected chi connectivity index (χ1v) is 11.6. The van der Waals surface area contributed by atoms with Crippen molar-refractivity contribution in [2.75, 3.05) is 54.1 Å². The highest BCUT2D eigenvalue weighted by Crippen LogP contribution is 2.45. The molecule has 3 atom stereocenters. The van der Waals surface area contributed by atoms with Crippen molar-refractivity contribution in [2.45, 2.75) is 44.4 Å². The molecule has 32 heavy (non-hydrogen) atoms. The number of carbonyl (C=O) groups is 2. The van der Waals surface area contributed by atoms with Gasteiger partial charge in [0.05, 0.1) is 20.8 Å². The van der Waals surface area contributed by atoms with Gasteiger partial charge in [-0.15, -0.1) is 0 Å². The zero-order valence-electron chi connectivity index (χ0n) is 19.6. The van der Waals surface area contributed by atoms with Crippen LogP contribution in [-0.2, 0) is 9.53 Å². The summed E-state index contributed by atoms with van der Waals surface area (Å²) in [5.41, 5.74) is -0.426. The molecule has 0 radical (unpaired) electrons. The van der Waals surface area contributed by atoms with Crippen LogP contribution < -0.4 is 9.47 Å². The van der Waals surface area contributed by atoms with Gasteiger partial charge in [-0.25, -0.2) is 0 Å². The Morgan fingerprint density at radius 2 is 1.75 bits per heavy atom. The van der Waals surface area contributed by atoms with E-state index in [2.05, 4.69) is 18.9 Å². The quantitative estimate of drug-likeness (QED) is 0.708. The van der Waals surface area contributed by atoms with Crippen LogP contribution in [0.2, 0.25) is 0 Å². The van der Waals surface area contributed by atoms with E-state index in [9.17, 15) is 9.59 Å². The molecule has 1 saturated carbocycles. The van der Waals surface area contributed by atoms with E-state index in [0.717, 1.165) is 38.8 Å². The van der Waals surface area contributed by atoms with E-state index in [1.807, 2.05) is 4.90 Å². The van der Waals surface area contributed by atoms with Crippen molar-refractivity contribution >= 4 is 11.8 Å². The van der Waals surface area contributed by atoms with Crippen LogP contribution in [0.4, 0.5) is 0 Å². The van der Waals surface area contributed by atoms with Crippen molar-refractivity contribution in [3.63, 3.8) is 0 Å². The molecule has 8 heteroatoms. The second-order valence-electron chi connectivity index (χ2n) is 9.32. The monoisotopic (exact) mass is 445 g/mol. The number of piperazine rings is 1. The van der Waals surface area contributed by atoms with Gasteiger partial charge in [-0.05, 0) is 44.4 Å². The predicted molar refractivity (Wildman–Crippen MR) is 120 cm³/mol. The lowest BCUT2D eigenvalue weighted by Crippen LogP contribution is -2.59. The van der Waals surface area contributed by atoms with Crippen LogP contribution in [0.15, 0.2) is 18.2 Å². The lowest BCUT2D eigenvalue weighted by atomic mass is 9.82. The molecule has 0 bridgehead atoms. The van der Waals surface area contributed by atoms with Gasteiger partial charge in [0, 0.05) is 26.2 Å². The fourth-order valence-electron chi connectivity index (χ4n) is 5.42. The smallest absolute Gasteiger partial charge is 0.264 e. The molecule has 2 aliphatic heterocycles. The van der Waals surface area contributed by atoms with Crippen molar-refractivity contribution in [3.05, 3.63) is 23.8 Å². The van der Waals surface area contributed by atoms with Crippen molar-refractivity contribution in [3.8, 4) is 11.5 Å². The molecule has 1 aromatic rings. The van der Waals surface area contributed by atoms with Crippen molar-refractivity contribution in [1.29, 1.82) is 0 Å². The molecular formula is C24H35N3O5. The molecule has 1 aromatic carbocycles. The van der Waals surface area contributed by atoms with Crippen LogP contribution in [0.1, 0.15) is 43.0 Å². The molecule has 2 saturated heterocycles. The van der Waals surface area contributed by atoms with Crippen LogP contribution in [-0.4, -0.2) is 92.3 Å². The third-order valence-electron chi connectivity index (χ3n) is 7.15. The lowest BCUT2D eigenvalue weighted by molar-refractivity contribution is -0.139. The highest BCUT2D eigenvalue weighted by Gasteiger charge is 2.55.